The Labute approximate surface area is 158 Å². The quantitative estimate of drug-likeness (QED) is 0.590. The Morgan fingerprint density at radius 1 is 0.926 bits per heavy atom. The molecule has 0 N–H and O–H groups in total. The summed E-state index contributed by atoms with van der Waals surface area (Å²) in [5, 5.41) is 4.15. The van der Waals surface area contributed by atoms with Crippen molar-refractivity contribution in [2.24, 2.45) is 5.16 Å². The number of fused-ring (bicyclic) bond motifs is 1. The van der Waals surface area contributed by atoms with Gasteiger partial charge in [0.2, 0.25) is 0 Å². The third kappa shape index (κ3) is 3.74. The standard InChI is InChI=1S/C21H23NO5/c1-13-15-6-5-7-17(16(15)9-11-18(13)24-2)22-27-21(23)14-8-10-19(25-3)20(12-14)26-4/h8-12H,5-7H2,1-4H3/b22-17-. The maximum atomic E-state index is 12.4. The van der Waals surface area contributed by atoms with E-state index in [-0.39, 0.29) is 0 Å². The van der Waals surface area contributed by atoms with Gasteiger partial charge in [-0.05, 0) is 67.6 Å². The molecule has 0 bridgehead atoms. The first-order valence-corrected chi connectivity index (χ1v) is 8.76. The number of oxime groups is 1. The number of ether oxygens (including phenoxy) is 3. The molecule has 0 amide bonds. The minimum atomic E-state index is -0.541. The van der Waals surface area contributed by atoms with Crippen LogP contribution in [0, 0.1) is 6.92 Å². The lowest BCUT2D eigenvalue weighted by Gasteiger charge is -2.21. The van der Waals surface area contributed by atoms with Crippen molar-refractivity contribution in [2.75, 3.05) is 21.3 Å². The lowest BCUT2D eigenvalue weighted by Crippen LogP contribution is -2.15. The first-order chi connectivity index (χ1) is 13.1. The van der Waals surface area contributed by atoms with E-state index >= 15 is 0 Å². The molecule has 6 nitrogen and oxygen atoms in total. The van der Waals surface area contributed by atoms with E-state index in [1.54, 1.807) is 32.4 Å². The van der Waals surface area contributed by atoms with Crippen LogP contribution in [-0.2, 0) is 11.3 Å². The topological polar surface area (TPSA) is 66.4 Å². The van der Waals surface area contributed by atoms with Crippen molar-refractivity contribution >= 4 is 11.7 Å². The first-order valence-electron chi connectivity index (χ1n) is 8.76. The lowest BCUT2D eigenvalue weighted by molar-refractivity contribution is 0.0515. The zero-order chi connectivity index (χ0) is 19.4. The Bertz CT molecular complexity index is 888. The molecule has 0 unspecified atom stereocenters. The second kappa shape index (κ2) is 8.12. The van der Waals surface area contributed by atoms with Crippen LogP contribution < -0.4 is 14.2 Å². The molecule has 0 radical (unpaired) electrons. The zero-order valence-electron chi connectivity index (χ0n) is 16.0. The van der Waals surface area contributed by atoms with Crippen LogP contribution in [0.25, 0.3) is 0 Å². The molecule has 0 aliphatic heterocycles. The largest absolute Gasteiger partial charge is 0.496 e. The van der Waals surface area contributed by atoms with Gasteiger partial charge in [0.05, 0.1) is 32.6 Å². The molecule has 27 heavy (non-hydrogen) atoms. The van der Waals surface area contributed by atoms with Crippen LogP contribution in [0.2, 0.25) is 0 Å². The van der Waals surface area contributed by atoms with Crippen molar-refractivity contribution in [3.63, 3.8) is 0 Å². The Balaban J connectivity index is 1.83. The van der Waals surface area contributed by atoms with Gasteiger partial charge < -0.3 is 19.0 Å². The fourth-order valence-electron chi connectivity index (χ4n) is 3.32. The summed E-state index contributed by atoms with van der Waals surface area (Å²) in [5.41, 5.74) is 4.43. The second-order valence-corrected chi connectivity index (χ2v) is 6.26. The molecule has 0 atom stereocenters. The van der Waals surface area contributed by atoms with Crippen molar-refractivity contribution < 1.29 is 23.8 Å². The summed E-state index contributed by atoms with van der Waals surface area (Å²) in [6.07, 6.45) is 2.67. The van der Waals surface area contributed by atoms with Gasteiger partial charge in [0.1, 0.15) is 5.75 Å². The summed E-state index contributed by atoms with van der Waals surface area (Å²) >= 11 is 0. The molecule has 0 saturated heterocycles. The van der Waals surface area contributed by atoms with E-state index in [1.165, 1.54) is 12.7 Å². The molecule has 2 aromatic carbocycles. The number of methoxy groups -OCH3 is 3. The fourth-order valence-corrected chi connectivity index (χ4v) is 3.32. The van der Waals surface area contributed by atoms with E-state index in [0.717, 1.165) is 41.9 Å². The van der Waals surface area contributed by atoms with E-state index in [2.05, 4.69) is 5.16 Å². The Kier molecular flexibility index (Phi) is 5.64. The lowest BCUT2D eigenvalue weighted by atomic mass is 9.87. The van der Waals surface area contributed by atoms with Crippen molar-refractivity contribution in [1.29, 1.82) is 0 Å². The second-order valence-electron chi connectivity index (χ2n) is 6.26. The average Bonchev–Trinajstić information content (AvgIpc) is 2.71. The first kappa shape index (κ1) is 18.8. The number of hydrogen-bond donors (Lipinski definition) is 0. The van der Waals surface area contributed by atoms with Crippen LogP contribution in [0.15, 0.2) is 35.5 Å². The van der Waals surface area contributed by atoms with Crippen LogP contribution in [0.3, 0.4) is 0 Å². The predicted octanol–water partition coefficient (Wildman–Crippen LogP) is 3.92. The summed E-state index contributed by atoms with van der Waals surface area (Å²) in [4.78, 5) is 17.6. The molecule has 0 heterocycles. The molecule has 0 fully saturated rings. The van der Waals surface area contributed by atoms with Gasteiger partial charge >= 0.3 is 5.97 Å². The molecule has 0 spiro atoms. The molecule has 1 aliphatic rings. The smallest absolute Gasteiger partial charge is 0.365 e. The summed E-state index contributed by atoms with van der Waals surface area (Å²) < 4.78 is 15.8. The van der Waals surface area contributed by atoms with E-state index in [4.69, 9.17) is 19.0 Å². The van der Waals surface area contributed by atoms with Gasteiger partial charge in [-0.3, -0.25) is 0 Å². The van der Waals surface area contributed by atoms with Crippen LogP contribution in [0.4, 0.5) is 0 Å². The highest BCUT2D eigenvalue weighted by Crippen LogP contribution is 2.31. The van der Waals surface area contributed by atoms with Crippen LogP contribution in [0.1, 0.15) is 39.9 Å². The summed E-state index contributed by atoms with van der Waals surface area (Å²) in [5.74, 6) is 1.33. The Morgan fingerprint density at radius 2 is 1.63 bits per heavy atom. The molecule has 142 valence electrons. The van der Waals surface area contributed by atoms with Crippen LogP contribution in [-0.4, -0.2) is 33.0 Å². The molecule has 2 aromatic rings. The maximum Gasteiger partial charge on any atom is 0.365 e. The van der Waals surface area contributed by atoms with Gasteiger partial charge in [0, 0.05) is 5.56 Å². The van der Waals surface area contributed by atoms with Gasteiger partial charge in [-0.25, -0.2) is 4.79 Å². The average molecular weight is 369 g/mol. The van der Waals surface area contributed by atoms with E-state index in [1.807, 2.05) is 19.1 Å². The third-order valence-corrected chi connectivity index (χ3v) is 4.78. The van der Waals surface area contributed by atoms with Crippen molar-refractivity contribution in [3.05, 3.63) is 52.6 Å². The van der Waals surface area contributed by atoms with Gasteiger partial charge in [0.15, 0.2) is 11.5 Å². The van der Waals surface area contributed by atoms with Crippen LogP contribution >= 0.6 is 0 Å². The Hall–Kier alpha value is -3.02. The fraction of sp³-hybridized carbons (Fsp3) is 0.333. The summed E-state index contributed by atoms with van der Waals surface area (Å²) in [7, 11) is 4.72. The van der Waals surface area contributed by atoms with E-state index in [9.17, 15) is 4.79 Å². The van der Waals surface area contributed by atoms with Crippen molar-refractivity contribution in [2.45, 2.75) is 26.2 Å². The van der Waals surface area contributed by atoms with E-state index < -0.39 is 5.97 Å². The monoisotopic (exact) mass is 369 g/mol. The zero-order valence-corrected chi connectivity index (χ0v) is 16.0. The SMILES string of the molecule is COc1ccc(C(=O)O/N=C2/CCCc3c2ccc(OC)c3C)cc1OC. The minimum absolute atomic E-state index is 0.346. The number of hydrogen-bond acceptors (Lipinski definition) is 6. The van der Waals surface area contributed by atoms with Gasteiger partial charge in [0.25, 0.3) is 0 Å². The minimum Gasteiger partial charge on any atom is -0.496 e. The number of benzene rings is 2. The van der Waals surface area contributed by atoms with Gasteiger partial charge in [-0.2, -0.15) is 0 Å². The molecular formula is C21H23NO5. The molecular weight excluding hydrogens is 346 g/mol. The number of carbonyl (C=O) groups is 1. The molecule has 1 aliphatic carbocycles. The number of carbonyl (C=O) groups excluding carboxylic acids is 1. The third-order valence-electron chi connectivity index (χ3n) is 4.78. The molecule has 0 aromatic heterocycles. The predicted molar refractivity (Wildman–Crippen MR) is 102 cm³/mol. The molecule has 3 rings (SSSR count). The number of rotatable bonds is 5. The molecule has 0 saturated carbocycles. The van der Waals surface area contributed by atoms with Gasteiger partial charge in [-0.1, -0.05) is 5.16 Å². The Morgan fingerprint density at radius 3 is 2.33 bits per heavy atom. The maximum absolute atomic E-state index is 12.4. The van der Waals surface area contributed by atoms with E-state index in [0.29, 0.717) is 17.1 Å². The van der Waals surface area contributed by atoms with Crippen molar-refractivity contribution in [1.82, 2.24) is 0 Å². The summed E-state index contributed by atoms with van der Waals surface area (Å²) in [6, 6.07) is 8.75. The highest BCUT2D eigenvalue weighted by atomic mass is 16.7. The number of nitrogens with zero attached hydrogens (tertiary/aromatic N) is 1. The highest BCUT2D eigenvalue weighted by molar-refractivity contribution is 6.03. The van der Waals surface area contributed by atoms with Gasteiger partial charge in [-0.15, -0.1) is 0 Å². The van der Waals surface area contributed by atoms with Crippen molar-refractivity contribution in [3.8, 4) is 17.2 Å². The van der Waals surface area contributed by atoms with Crippen LogP contribution in [0.5, 0.6) is 17.2 Å². The highest BCUT2D eigenvalue weighted by Gasteiger charge is 2.21. The molecule has 6 heteroatoms. The normalized spacial score (nSPS) is 14.4. The summed E-state index contributed by atoms with van der Waals surface area (Å²) in [6.45, 7) is 2.04.